The van der Waals surface area contributed by atoms with E-state index in [1.54, 1.807) is 0 Å². The molecule has 1 aliphatic carbocycles. The van der Waals surface area contributed by atoms with Crippen LogP contribution < -0.4 is 16.0 Å². The van der Waals surface area contributed by atoms with Crippen molar-refractivity contribution in [2.45, 2.75) is 25.3 Å². The number of nitrogens with zero attached hydrogens (tertiary/aromatic N) is 5. The molecule has 3 heterocycles. The summed E-state index contributed by atoms with van der Waals surface area (Å²) in [6, 6.07) is 11.1. The number of anilines is 4. The zero-order chi connectivity index (χ0) is 19.1. The molecule has 1 aliphatic heterocycles. The van der Waals surface area contributed by atoms with E-state index in [4.69, 9.17) is 10.7 Å². The normalized spacial score (nSPS) is 18.4. The molecule has 2 aliphatic rings. The monoisotopic (exact) mass is 377 g/mol. The first kappa shape index (κ1) is 17.3. The van der Waals surface area contributed by atoms with Gasteiger partial charge in [-0.3, -0.25) is 0 Å². The number of likely N-dealkylation sites (N-methyl/N-ethyl adjacent to an activating group) is 1. The Hall–Kier alpha value is -2.80. The van der Waals surface area contributed by atoms with Crippen LogP contribution in [0, 0.1) is 0 Å². The minimum atomic E-state index is 0.527. The number of nitrogens with one attached hydrogen (secondary N) is 1. The van der Waals surface area contributed by atoms with Gasteiger partial charge in [-0.1, -0.05) is 0 Å². The van der Waals surface area contributed by atoms with E-state index in [0.29, 0.717) is 17.8 Å². The average molecular weight is 377 g/mol. The standard InChI is InChI=1S/C21H27N7/c1-26-11-13-27(14-12-26)16-7-5-15(6-8-16)23-21-24-19(22)18-9-10-28(20(18)25-21)17-3-2-4-17/h5-10,17H,2-4,11-14H2,1H3,(H3,22,23,24,25). The Kier molecular flexibility index (Phi) is 4.31. The first-order valence-corrected chi connectivity index (χ1v) is 10.1. The van der Waals surface area contributed by atoms with Gasteiger partial charge in [0.05, 0.1) is 5.39 Å². The number of nitrogens with two attached hydrogens (primary N) is 1. The van der Waals surface area contributed by atoms with Crippen LogP contribution in [0.5, 0.6) is 0 Å². The van der Waals surface area contributed by atoms with Crippen LogP contribution in [0.2, 0.25) is 0 Å². The highest BCUT2D eigenvalue weighted by Gasteiger charge is 2.22. The fourth-order valence-electron chi connectivity index (χ4n) is 4.02. The van der Waals surface area contributed by atoms with Gasteiger partial charge in [-0.2, -0.15) is 9.97 Å². The topological polar surface area (TPSA) is 75.2 Å². The van der Waals surface area contributed by atoms with Crippen molar-refractivity contribution in [3.63, 3.8) is 0 Å². The van der Waals surface area contributed by atoms with Gasteiger partial charge >= 0.3 is 0 Å². The minimum Gasteiger partial charge on any atom is -0.383 e. The average Bonchev–Trinajstić information content (AvgIpc) is 3.06. The Bertz CT molecular complexity index is 966. The molecule has 1 aromatic carbocycles. The van der Waals surface area contributed by atoms with Crippen LogP contribution in [0.25, 0.3) is 11.0 Å². The number of aromatic nitrogens is 3. The molecule has 7 heteroatoms. The Labute approximate surface area is 165 Å². The Morgan fingerprint density at radius 3 is 2.43 bits per heavy atom. The van der Waals surface area contributed by atoms with Crippen LogP contribution in [0.3, 0.4) is 0 Å². The summed E-state index contributed by atoms with van der Waals surface area (Å²) >= 11 is 0. The summed E-state index contributed by atoms with van der Waals surface area (Å²) in [6.07, 6.45) is 5.80. The van der Waals surface area contributed by atoms with Gasteiger partial charge in [0.15, 0.2) is 0 Å². The van der Waals surface area contributed by atoms with Crippen molar-refractivity contribution in [3.8, 4) is 0 Å². The molecular weight excluding hydrogens is 350 g/mol. The van der Waals surface area contributed by atoms with Crippen molar-refractivity contribution in [2.75, 3.05) is 49.2 Å². The number of fused-ring (bicyclic) bond motifs is 1. The minimum absolute atomic E-state index is 0.527. The second-order valence-electron chi connectivity index (χ2n) is 7.94. The Morgan fingerprint density at radius 1 is 1.00 bits per heavy atom. The summed E-state index contributed by atoms with van der Waals surface area (Å²) in [4.78, 5) is 14.0. The van der Waals surface area contributed by atoms with Crippen molar-refractivity contribution in [2.24, 2.45) is 0 Å². The summed E-state index contributed by atoms with van der Waals surface area (Å²) < 4.78 is 2.25. The van der Waals surface area contributed by atoms with Crippen molar-refractivity contribution < 1.29 is 0 Å². The van der Waals surface area contributed by atoms with Crippen LogP contribution >= 0.6 is 0 Å². The number of benzene rings is 1. The first-order valence-electron chi connectivity index (χ1n) is 10.1. The highest BCUT2D eigenvalue weighted by atomic mass is 15.2. The maximum atomic E-state index is 6.20. The molecule has 1 saturated carbocycles. The van der Waals surface area contributed by atoms with Gasteiger partial charge in [0.2, 0.25) is 5.95 Å². The summed E-state index contributed by atoms with van der Waals surface area (Å²) in [7, 11) is 2.17. The molecule has 28 heavy (non-hydrogen) atoms. The molecule has 5 rings (SSSR count). The van der Waals surface area contributed by atoms with Gasteiger partial charge in [0.25, 0.3) is 0 Å². The molecule has 146 valence electrons. The van der Waals surface area contributed by atoms with Crippen LogP contribution in [-0.4, -0.2) is 52.7 Å². The maximum Gasteiger partial charge on any atom is 0.231 e. The lowest BCUT2D eigenvalue weighted by atomic mass is 9.93. The van der Waals surface area contributed by atoms with Crippen LogP contribution in [0.1, 0.15) is 25.3 Å². The second kappa shape index (κ2) is 6.98. The van der Waals surface area contributed by atoms with Crippen LogP contribution in [0.15, 0.2) is 36.5 Å². The predicted molar refractivity (Wildman–Crippen MR) is 114 cm³/mol. The maximum absolute atomic E-state index is 6.20. The van der Waals surface area contributed by atoms with Crippen molar-refractivity contribution >= 4 is 34.2 Å². The predicted octanol–water partition coefficient (Wildman–Crippen LogP) is 3.23. The van der Waals surface area contributed by atoms with Gasteiger partial charge in [0, 0.05) is 49.8 Å². The number of hydrogen-bond donors (Lipinski definition) is 2. The SMILES string of the molecule is CN1CCN(c2ccc(Nc3nc(N)c4ccn(C5CCC5)c4n3)cc2)CC1. The molecule has 1 saturated heterocycles. The molecule has 0 unspecified atom stereocenters. The van der Waals surface area contributed by atoms with Crippen LogP contribution in [-0.2, 0) is 0 Å². The molecule has 0 radical (unpaired) electrons. The number of hydrogen-bond acceptors (Lipinski definition) is 6. The van der Waals surface area contributed by atoms with Gasteiger partial charge in [-0.25, -0.2) is 0 Å². The zero-order valence-electron chi connectivity index (χ0n) is 16.3. The Morgan fingerprint density at radius 2 is 1.75 bits per heavy atom. The summed E-state index contributed by atoms with van der Waals surface area (Å²) in [5.74, 6) is 1.08. The van der Waals surface area contributed by atoms with E-state index in [9.17, 15) is 0 Å². The number of piperazine rings is 1. The quantitative estimate of drug-likeness (QED) is 0.727. The lowest BCUT2D eigenvalue weighted by Gasteiger charge is -2.34. The van der Waals surface area contributed by atoms with Crippen molar-refractivity contribution in [3.05, 3.63) is 36.5 Å². The van der Waals surface area contributed by atoms with Gasteiger partial charge < -0.3 is 25.4 Å². The largest absolute Gasteiger partial charge is 0.383 e. The third-order valence-corrected chi connectivity index (χ3v) is 6.06. The van der Waals surface area contributed by atoms with Gasteiger partial charge in [0.1, 0.15) is 11.5 Å². The van der Waals surface area contributed by atoms with E-state index in [2.05, 4.69) is 62.2 Å². The number of rotatable bonds is 4. The van der Waals surface area contributed by atoms with E-state index in [1.807, 2.05) is 6.07 Å². The molecule has 2 aromatic heterocycles. The summed E-state index contributed by atoms with van der Waals surface area (Å²) in [6.45, 7) is 4.34. The smallest absolute Gasteiger partial charge is 0.231 e. The Balaban J connectivity index is 1.36. The van der Waals surface area contributed by atoms with Gasteiger partial charge in [-0.05, 0) is 56.6 Å². The fourth-order valence-corrected chi connectivity index (χ4v) is 4.02. The zero-order valence-corrected chi connectivity index (χ0v) is 16.3. The lowest BCUT2D eigenvalue weighted by Crippen LogP contribution is -2.44. The molecule has 3 aromatic rings. The van der Waals surface area contributed by atoms with E-state index < -0.39 is 0 Å². The molecule has 0 atom stereocenters. The highest BCUT2D eigenvalue weighted by molar-refractivity contribution is 5.88. The van der Waals surface area contributed by atoms with Crippen molar-refractivity contribution in [1.82, 2.24) is 19.4 Å². The van der Waals surface area contributed by atoms with E-state index in [0.717, 1.165) is 42.9 Å². The van der Waals surface area contributed by atoms with Crippen molar-refractivity contribution in [1.29, 1.82) is 0 Å². The van der Waals surface area contributed by atoms with E-state index in [1.165, 1.54) is 24.9 Å². The third-order valence-electron chi connectivity index (χ3n) is 6.06. The molecule has 0 spiro atoms. The molecule has 2 fully saturated rings. The highest BCUT2D eigenvalue weighted by Crippen LogP contribution is 2.35. The fraction of sp³-hybridized carbons (Fsp3) is 0.429. The molecule has 7 nitrogen and oxygen atoms in total. The lowest BCUT2D eigenvalue weighted by molar-refractivity contribution is 0.313. The van der Waals surface area contributed by atoms with E-state index >= 15 is 0 Å². The summed E-state index contributed by atoms with van der Waals surface area (Å²) in [5, 5.41) is 4.26. The molecule has 0 amide bonds. The summed E-state index contributed by atoms with van der Waals surface area (Å²) in [5.41, 5.74) is 9.35. The van der Waals surface area contributed by atoms with Gasteiger partial charge in [-0.15, -0.1) is 0 Å². The number of nitrogen functional groups attached to an aromatic ring is 1. The first-order chi connectivity index (χ1) is 13.7. The molecule has 0 bridgehead atoms. The third kappa shape index (κ3) is 3.16. The van der Waals surface area contributed by atoms with Crippen LogP contribution in [0.4, 0.5) is 23.1 Å². The molecular formula is C21H27N7. The molecule has 3 N–H and O–H groups in total. The second-order valence-corrected chi connectivity index (χ2v) is 7.94. The van der Waals surface area contributed by atoms with E-state index in [-0.39, 0.29) is 0 Å².